The summed E-state index contributed by atoms with van der Waals surface area (Å²) < 4.78 is 6.48. The minimum atomic E-state index is -2.25. The quantitative estimate of drug-likeness (QED) is 0.341. The molecule has 1 saturated carbocycles. The maximum Gasteiger partial charge on any atom is 0.210 e. The zero-order valence-electron chi connectivity index (χ0n) is 14.4. The van der Waals surface area contributed by atoms with E-state index in [1.165, 1.54) is 51.4 Å². The first kappa shape index (κ1) is 18.9. The third-order valence-corrected chi connectivity index (χ3v) is 6.77. The van der Waals surface area contributed by atoms with Crippen LogP contribution in [0.5, 0.6) is 0 Å². The van der Waals surface area contributed by atoms with Crippen LogP contribution in [0.1, 0.15) is 71.1 Å². The van der Waals surface area contributed by atoms with Crippen molar-refractivity contribution in [3.05, 3.63) is 12.7 Å². The first-order valence-corrected chi connectivity index (χ1v) is 12.0. The van der Waals surface area contributed by atoms with Crippen molar-refractivity contribution >= 4 is 8.32 Å². The Morgan fingerprint density at radius 2 is 1.90 bits per heavy atom. The molecule has 0 aromatic rings. The molecule has 1 aliphatic rings. The lowest BCUT2D eigenvalue weighted by molar-refractivity contribution is -0.0283. The van der Waals surface area contributed by atoms with Crippen LogP contribution in [0.2, 0.25) is 13.1 Å². The number of rotatable bonds is 10. The molecule has 1 aliphatic carbocycles. The van der Waals surface area contributed by atoms with Gasteiger partial charge in [-0.25, -0.2) is 0 Å². The van der Waals surface area contributed by atoms with Gasteiger partial charge in [0.25, 0.3) is 0 Å². The van der Waals surface area contributed by atoms with Crippen molar-refractivity contribution in [3.63, 3.8) is 0 Å². The summed E-state index contributed by atoms with van der Waals surface area (Å²) in [6, 6.07) is 0. The van der Waals surface area contributed by atoms with Gasteiger partial charge in [-0.15, -0.1) is 6.58 Å². The van der Waals surface area contributed by atoms with Crippen LogP contribution >= 0.6 is 0 Å². The van der Waals surface area contributed by atoms with Gasteiger partial charge in [-0.1, -0.05) is 51.5 Å². The van der Waals surface area contributed by atoms with Crippen LogP contribution in [0, 0.1) is 5.92 Å². The fourth-order valence-corrected chi connectivity index (χ4v) is 4.83. The summed E-state index contributed by atoms with van der Waals surface area (Å²) in [5.74, 6) is 0.668. The largest absolute Gasteiger partial charge is 0.430 e. The fraction of sp³-hybridized carbons (Fsp3) is 0.889. The van der Waals surface area contributed by atoms with Crippen LogP contribution in [-0.4, -0.2) is 24.9 Å². The highest BCUT2D eigenvalue weighted by molar-refractivity contribution is 6.71. The molecular formula is C18H36O2Si. The Kier molecular flexibility index (Phi) is 8.84. The first-order valence-electron chi connectivity index (χ1n) is 8.97. The van der Waals surface area contributed by atoms with Crippen LogP contribution in [0.15, 0.2) is 12.7 Å². The molecule has 1 N–H and O–H groups in total. The summed E-state index contributed by atoms with van der Waals surface area (Å²) in [6.07, 6.45) is 14.5. The molecule has 0 heterocycles. The topological polar surface area (TPSA) is 29.5 Å². The predicted molar refractivity (Wildman–Crippen MR) is 93.9 cm³/mol. The van der Waals surface area contributed by atoms with E-state index in [2.05, 4.69) is 13.5 Å². The molecule has 0 aromatic carbocycles. The van der Waals surface area contributed by atoms with Crippen LogP contribution < -0.4 is 0 Å². The second-order valence-corrected chi connectivity index (χ2v) is 11.2. The third kappa shape index (κ3) is 7.12. The molecule has 0 aliphatic heterocycles. The number of hydrogen-bond donors (Lipinski definition) is 1. The van der Waals surface area contributed by atoms with E-state index in [0.717, 1.165) is 12.8 Å². The Bertz CT molecular complexity index is 279. The Labute approximate surface area is 133 Å². The van der Waals surface area contributed by atoms with E-state index >= 15 is 0 Å². The summed E-state index contributed by atoms with van der Waals surface area (Å²) in [7, 11) is -2.25. The molecule has 3 heteroatoms. The molecule has 2 atom stereocenters. The number of ether oxygens (including phenoxy) is 1. The van der Waals surface area contributed by atoms with Crippen LogP contribution in [0.25, 0.3) is 0 Å². The zero-order chi connectivity index (χ0) is 15.7. The molecule has 0 amide bonds. The highest BCUT2D eigenvalue weighted by Gasteiger charge is 2.34. The molecule has 0 aromatic heterocycles. The minimum Gasteiger partial charge on any atom is -0.430 e. The Morgan fingerprint density at radius 3 is 2.43 bits per heavy atom. The van der Waals surface area contributed by atoms with Crippen molar-refractivity contribution in [2.24, 2.45) is 5.92 Å². The summed E-state index contributed by atoms with van der Waals surface area (Å²) in [6.45, 7) is 10.2. The van der Waals surface area contributed by atoms with Crippen molar-refractivity contribution < 1.29 is 9.53 Å². The van der Waals surface area contributed by atoms with Gasteiger partial charge in [-0.05, 0) is 44.7 Å². The van der Waals surface area contributed by atoms with E-state index in [9.17, 15) is 4.80 Å². The summed E-state index contributed by atoms with van der Waals surface area (Å²) in [5.41, 5.74) is 0.0796. The van der Waals surface area contributed by atoms with Gasteiger partial charge in [-0.2, -0.15) is 0 Å². The second kappa shape index (κ2) is 9.81. The van der Waals surface area contributed by atoms with Gasteiger partial charge in [0.15, 0.2) is 0 Å². The van der Waals surface area contributed by atoms with E-state index in [1.54, 1.807) is 0 Å². The molecule has 2 nitrogen and oxygen atoms in total. The van der Waals surface area contributed by atoms with E-state index in [-0.39, 0.29) is 11.8 Å². The van der Waals surface area contributed by atoms with Gasteiger partial charge < -0.3 is 9.53 Å². The van der Waals surface area contributed by atoms with E-state index < -0.39 is 8.32 Å². The Morgan fingerprint density at radius 1 is 1.24 bits per heavy atom. The highest BCUT2D eigenvalue weighted by atomic mass is 28.4. The average Bonchev–Trinajstić information content (AvgIpc) is 2.45. The smallest absolute Gasteiger partial charge is 0.210 e. The number of hydrogen-bond acceptors (Lipinski definition) is 2. The normalized spacial score (nSPS) is 20.2. The van der Waals surface area contributed by atoms with Crippen molar-refractivity contribution in [2.75, 3.05) is 0 Å². The van der Waals surface area contributed by atoms with Crippen LogP contribution in [0.4, 0.5) is 0 Å². The minimum absolute atomic E-state index is 0.0796. The van der Waals surface area contributed by atoms with Crippen molar-refractivity contribution in [1.29, 1.82) is 0 Å². The predicted octanol–water partition coefficient (Wildman–Crippen LogP) is 5.21. The van der Waals surface area contributed by atoms with Crippen molar-refractivity contribution in [1.82, 2.24) is 0 Å². The summed E-state index contributed by atoms with van der Waals surface area (Å²) >= 11 is 0. The molecule has 0 unspecified atom stereocenters. The molecular weight excluding hydrogens is 276 g/mol. The lowest BCUT2D eigenvalue weighted by Crippen LogP contribution is -2.46. The van der Waals surface area contributed by atoms with Gasteiger partial charge in [0.1, 0.15) is 0 Å². The highest BCUT2D eigenvalue weighted by Crippen LogP contribution is 2.32. The molecule has 0 bridgehead atoms. The third-order valence-electron chi connectivity index (χ3n) is 4.77. The molecule has 0 saturated heterocycles. The zero-order valence-corrected chi connectivity index (χ0v) is 15.4. The van der Waals surface area contributed by atoms with Crippen LogP contribution in [0.3, 0.4) is 0 Å². The Hall–Kier alpha value is -0.123. The van der Waals surface area contributed by atoms with E-state index in [1.807, 2.05) is 19.2 Å². The second-order valence-electron chi connectivity index (χ2n) is 7.24. The van der Waals surface area contributed by atoms with Crippen molar-refractivity contribution in [2.45, 2.75) is 96.1 Å². The summed E-state index contributed by atoms with van der Waals surface area (Å²) in [5, 5.41) is 0. The number of unbranched alkanes of at least 4 members (excludes halogenated alkanes) is 2. The van der Waals surface area contributed by atoms with Gasteiger partial charge >= 0.3 is 0 Å². The molecule has 0 radical (unpaired) electrons. The Balaban J connectivity index is 2.63. The van der Waals surface area contributed by atoms with Gasteiger partial charge in [-0.3, -0.25) is 0 Å². The molecule has 21 heavy (non-hydrogen) atoms. The monoisotopic (exact) mass is 312 g/mol. The van der Waals surface area contributed by atoms with Crippen molar-refractivity contribution in [3.8, 4) is 0 Å². The van der Waals surface area contributed by atoms with Gasteiger partial charge in [0.05, 0.1) is 11.8 Å². The fourth-order valence-electron chi connectivity index (χ4n) is 3.41. The lowest BCUT2D eigenvalue weighted by atomic mass is 9.84. The molecule has 1 rings (SSSR count). The summed E-state index contributed by atoms with van der Waals surface area (Å²) in [4.78, 5) is 10.6. The molecule has 124 valence electrons. The van der Waals surface area contributed by atoms with E-state index in [0.29, 0.717) is 5.92 Å². The lowest BCUT2D eigenvalue weighted by Gasteiger charge is -2.36. The van der Waals surface area contributed by atoms with Gasteiger partial charge in [0.2, 0.25) is 8.32 Å². The average molecular weight is 313 g/mol. The molecule has 1 fully saturated rings. The molecule has 0 spiro atoms. The maximum atomic E-state index is 10.6. The first-order chi connectivity index (χ1) is 9.99. The maximum absolute atomic E-state index is 10.6. The van der Waals surface area contributed by atoms with Gasteiger partial charge in [0, 0.05) is 0 Å². The SMILES string of the molecule is C=CC[C@@H](O[C@H](CCCCC)[Si](C)(C)O)C1CCCCC1. The van der Waals surface area contributed by atoms with Crippen LogP contribution in [-0.2, 0) is 4.74 Å². The van der Waals surface area contributed by atoms with E-state index in [4.69, 9.17) is 4.74 Å². The standard InChI is InChI=1S/C18H36O2Si/c1-5-7-9-15-18(21(3,4)19)20-17(12-6-2)16-13-10-8-11-14-16/h6,16-19H,2,5,7-15H2,1,3-4H3/t17-,18+/m1/s1.